The molecular weight excluding hydrogens is 671 g/mol. The van der Waals surface area contributed by atoms with Gasteiger partial charge in [0.2, 0.25) is 0 Å². The normalized spacial score (nSPS) is 11.3. The first-order valence-electron chi connectivity index (χ1n) is 18.4. The van der Waals surface area contributed by atoms with Crippen LogP contribution in [0.1, 0.15) is 0 Å². The van der Waals surface area contributed by atoms with Crippen molar-refractivity contribution >= 4 is 59.3 Å². The highest BCUT2D eigenvalue weighted by atomic mass is 32.1. The third kappa shape index (κ3) is 6.03. The van der Waals surface area contributed by atoms with Crippen molar-refractivity contribution in [1.82, 2.24) is 0 Å². The van der Waals surface area contributed by atoms with E-state index in [1.165, 1.54) is 75.5 Å². The molecule has 0 aliphatic heterocycles. The minimum atomic E-state index is 1.11. The zero-order valence-electron chi connectivity index (χ0n) is 29.6. The van der Waals surface area contributed by atoms with Crippen LogP contribution >= 0.6 is 11.3 Å². The molecule has 0 saturated heterocycles. The molecule has 0 amide bonds. The molecule has 0 saturated carbocycles. The van der Waals surface area contributed by atoms with Gasteiger partial charge in [0.15, 0.2) is 0 Å². The highest BCUT2D eigenvalue weighted by Crippen LogP contribution is 2.43. The van der Waals surface area contributed by atoms with E-state index in [4.69, 9.17) is 0 Å². The van der Waals surface area contributed by atoms with Crippen molar-refractivity contribution in [2.75, 3.05) is 4.90 Å². The molecule has 9 aromatic carbocycles. The molecule has 0 aliphatic carbocycles. The zero-order valence-corrected chi connectivity index (χ0v) is 30.4. The predicted molar refractivity (Wildman–Crippen MR) is 233 cm³/mol. The first-order valence-corrected chi connectivity index (χ1v) is 19.2. The average Bonchev–Trinajstić information content (AvgIpc) is 3.60. The van der Waals surface area contributed by atoms with Crippen LogP contribution in [0.5, 0.6) is 0 Å². The number of hydrogen-bond donors (Lipinski definition) is 0. The maximum atomic E-state index is 2.39. The number of fused-ring (bicyclic) bond motifs is 4. The largest absolute Gasteiger partial charge is 0.310 e. The van der Waals surface area contributed by atoms with E-state index in [9.17, 15) is 0 Å². The summed E-state index contributed by atoms with van der Waals surface area (Å²) in [5.41, 5.74) is 13.0. The summed E-state index contributed by atoms with van der Waals surface area (Å²) in [6.07, 6.45) is 0. The first-order chi connectivity index (χ1) is 26.7. The third-order valence-corrected chi connectivity index (χ3v) is 11.6. The average molecular weight is 706 g/mol. The summed E-state index contributed by atoms with van der Waals surface area (Å²) in [6, 6.07) is 77.1. The summed E-state index contributed by atoms with van der Waals surface area (Å²) in [4.78, 5) is 2.39. The Morgan fingerprint density at radius 2 is 0.685 bits per heavy atom. The fraction of sp³-hybridized carbons (Fsp3) is 0. The topological polar surface area (TPSA) is 3.24 Å². The first kappa shape index (κ1) is 32.0. The fourth-order valence-corrected chi connectivity index (χ4v) is 8.81. The molecule has 0 atom stereocenters. The summed E-state index contributed by atoms with van der Waals surface area (Å²) in [6.45, 7) is 0. The van der Waals surface area contributed by atoms with Crippen LogP contribution in [0.4, 0.5) is 17.1 Å². The number of rotatable bonds is 7. The van der Waals surface area contributed by atoms with Crippen molar-refractivity contribution < 1.29 is 0 Å². The van der Waals surface area contributed by atoms with E-state index in [-0.39, 0.29) is 0 Å². The van der Waals surface area contributed by atoms with Gasteiger partial charge in [-0.1, -0.05) is 164 Å². The maximum absolute atomic E-state index is 2.39. The molecule has 0 aliphatic rings. The van der Waals surface area contributed by atoms with Gasteiger partial charge < -0.3 is 4.90 Å². The van der Waals surface area contributed by atoms with Gasteiger partial charge in [0.05, 0.1) is 0 Å². The molecular formula is C52H35NS. The van der Waals surface area contributed by atoms with Crippen LogP contribution in [-0.4, -0.2) is 0 Å². The van der Waals surface area contributed by atoms with E-state index < -0.39 is 0 Å². The van der Waals surface area contributed by atoms with Crippen LogP contribution in [0.25, 0.3) is 75.5 Å². The van der Waals surface area contributed by atoms with Gasteiger partial charge in [0, 0.05) is 37.2 Å². The Labute approximate surface area is 319 Å². The van der Waals surface area contributed by atoms with Gasteiger partial charge in [0.1, 0.15) is 0 Å². The Kier molecular flexibility index (Phi) is 8.09. The van der Waals surface area contributed by atoms with Crippen LogP contribution in [0.3, 0.4) is 0 Å². The molecule has 0 spiro atoms. The second-order valence-electron chi connectivity index (χ2n) is 13.8. The zero-order chi connectivity index (χ0) is 35.8. The lowest BCUT2D eigenvalue weighted by molar-refractivity contribution is 1.29. The van der Waals surface area contributed by atoms with E-state index in [1.807, 2.05) is 11.3 Å². The fourth-order valence-electron chi connectivity index (χ4n) is 7.64. The van der Waals surface area contributed by atoms with Gasteiger partial charge >= 0.3 is 0 Å². The Hall–Kier alpha value is -6.74. The van der Waals surface area contributed by atoms with E-state index in [1.54, 1.807) is 0 Å². The lowest BCUT2D eigenvalue weighted by Gasteiger charge is -2.26. The molecule has 1 aromatic heterocycles. The summed E-state index contributed by atoms with van der Waals surface area (Å²) >= 11 is 1.87. The molecule has 2 heteroatoms. The van der Waals surface area contributed by atoms with Crippen LogP contribution in [0.2, 0.25) is 0 Å². The molecule has 10 rings (SSSR count). The summed E-state index contributed by atoms with van der Waals surface area (Å²) in [7, 11) is 0. The number of nitrogens with zero attached hydrogens (tertiary/aromatic N) is 1. The molecule has 1 heterocycles. The standard InChI is InChI=1S/C52H35NS/c1-3-10-36(11-4-1)38-18-20-40(21-19-38)41-26-28-46(29-27-41)53(47-17-9-16-43(32-47)42-24-22-39(23-25-42)37-12-5-2-6-13-37)48-30-31-49-50-33-44-14-7-8-15-45(44)34-51(50)54-52(49)35-48/h1-35H. The summed E-state index contributed by atoms with van der Waals surface area (Å²) in [5.74, 6) is 0. The molecule has 0 unspecified atom stereocenters. The van der Waals surface area contributed by atoms with Gasteiger partial charge in [-0.25, -0.2) is 0 Å². The van der Waals surface area contributed by atoms with Gasteiger partial charge in [-0.15, -0.1) is 11.3 Å². The van der Waals surface area contributed by atoms with E-state index in [0.29, 0.717) is 0 Å². The Morgan fingerprint density at radius 1 is 0.259 bits per heavy atom. The van der Waals surface area contributed by atoms with Gasteiger partial charge in [0.25, 0.3) is 0 Å². The molecule has 0 fully saturated rings. The van der Waals surface area contributed by atoms with Crippen LogP contribution in [0.15, 0.2) is 212 Å². The number of benzene rings is 9. The lowest BCUT2D eigenvalue weighted by Crippen LogP contribution is -2.09. The van der Waals surface area contributed by atoms with Crippen LogP contribution in [-0.2, 0) is 0 Å². The number of anilines is 3. The van der Waals surface area contributed by atoms with Crippen molar-refractivity contribution in [2.24, 2.45) is 0 Å². The van der Waals surface area contributed by atoms with E-state index in [2.05, 4.69) is 217 Å². The molecule has 54 heavy (non-hydrogen) atoms. The number of hydrogen-bond acceptors (Lipinski definition) is 2. The summed E-state index contributed by atoms with van der Waals surface area (Å²) in [5, 5.41) is 5.17. The van der Waals surface area contributed by atoms with Crippen molar-refractivity contribution in [2.45, 2.75) is 0 Å². The maximum Gasteiger partial charge on any atom is 0.0476 e. The number of thiophene rings is 1. The van der Waals surface area contributed by atoms with Crippen molar-refractivity contribution in [3.63, 3.8) is 0 Å². The van der Waals surface area contributed by atoms with Crippen molar-refractivity contribution in [1.29, 1.82) is 0 Å². The van der Waals surface area contributed by atoms with E-state index in [0.717, 1.165) is 17.1 Å². The smallest absolute Gasteiger partial charge is 0.0476 e. The molecule has 0 N–H and O–H groups in total. The van der Waals surface area contributed by atoms with Gasteiger partial charge in [-0.3, -0.25) is 0 Å². The quantitative estimate of drug-likeness (QED) is 0.160. The van der Waals surface area contributed by atoms with E-state index >= 15 is 0 Å². The SMILES string of the molecule is c1ccc(-c2ccc(-c3ccc(N(c4cccc(-c5ccc(-c6ccccc6)cc5)c4)c4ccc5c(c4)sc4cc6ccccc6cc45)cc3)cc2)cc1. The predicted octanol–water partition coefficient (Wildman–Crippen LogP) is 15.3. The second-order valence-corrected chi connectivity index (χ2v) is 14.9. The Balaban J connectivity index is 1.05. The highest BCUT2D eigenvalue weighted by Gasteiger charge is 2.16. The molecule has 10 aromatic rings. The lowest BCUT2D eigenvalue weighted by atomic mass is 9.99. The second kappa shape index (κ2) is 13.7. The molecule has 254 valence electrons. The molecule has 0 radical (unpaired) electrons. The Bertz CT molecular complexity index is 2890. The highest BCUT2D eigenvalue weighted by molar-refractivity contribution is 7.25. The molecule has 1 nitrogen and oxygen atoms in total. The summed E-state index contributed by atoms with van der Waals surface area (Å²) < 4.78 is 2.60. The van der Waals surface area contributed by atoms with Crippen LogP contribution in [0, 0.1) is 0 Å². The minimum absolute atomic E-state index is 1.11. The van der Waals surface area contributed by atoms with Crippen molar-refractivity contribution in [3.8, 4) is 44.5 Å². The third-order valence-electron chi connectivity index (χ3n) is 10.5. The van der Waals surface area contributed by atoms with Gasteiger partial charge in [-0.2, -0.15) is 0 Å². The van der Waals surface area contributed by atoms with Gasteiger partial charge in [-0.05, 0) is 104 Å². The Morgan fingerprint density at radius 3 is 1.28 bits per heavy atom. The minimum Gasteiger partial charge on any atom is -0.310 e. The monoisotopic (exact) mass is 705 g/mol. The molecule has 0 bridgehead atoms. The van der Waals surface area contributed by atoms with Crippen molar-refractivity contribution in [3.05, 3.63) is 212 Å². The van der Waals surface area contributed by atoms with Crippen LogP contribution < -0.4 is 4.90 Å².